The zero-order chi connectivity index (χ0) is 14.8. The molecule has 0 heterocycles. The van der Waals surface area contributed by atoms with E-state index in [9.17, 15) is 0 Å². The van der Waals surface area contributed by atoms with Crippen LogP contribution in [0.4, 0.5) is 0 Å². The van der Waals surface area contributed by atoms with Gasteiger partial charge in [0.25, 0.3) is 0 Å². The molecule has 1 saturated carbocycles. The Kier molecular flexibility index (Phi) is 4.39. The lowest BCUT2D eigenvalue weighted by molar-refractivity contribution is 0.416. The first kappa shape index (κ1) is 14.7. The average Bonchev–Trinajstić information content (AvgIpc) is 3.30. The second kappa shape index (κ2) is 6.27. The fourth-order valence-corrected chi connectivity index (χ4v) is 2.73. The monoisotopic (exact) mass is 321 g/mol. The molecule has 3 rings (SSSR count). The third-order valence-corrected chi connectivity index (χ3v) is 4.27. The van der Waals surface area contributed by atoms with Crippen LogP contribution in [0, 0.1) is 0 Å². The minimum absolute atomic E-state index is 0.675. The maximum atomic E-state index is 6.40. The van der Waals surface area contributed by atoms with Crippen LogP contribution in [0.15, 0.2) is 36.4 Å². The average molecular weight is 322 g/mol. The maximum Gasteiger partial charge on any atom is 0.126 e. The third kappa shape index (κ3) is 3.52. The molecule has 1 N–H and O–H groups in total. The van der Waals surface area contributed by atoms with E-state index in [2.05, 4.69) is 17.4 Å². The molecule has 0 bridgehead atoms. The molecule has 0 atom stereocenters. The number of nitrogens with one attached hydrogen (secondary N) is 1. The van der Waals surface area contributed by atoms with Crippen LogP contribution < -0.4 is 10.1 Å². The number of halogens is 2. The van der Waals surface area contributed by atoms with Gasteiger partial charge in [-0.15, -0.1) is 0 Å². The summed E-state index contributed by atoms with van der Waals surface area (Å²) in [7, 11) is 1.66. The van der Waals surface area contributed by atoms with Crippen molar-refractivity contribution >= 4 is 23.2 Å². The smallest absolute Gasteiger partial charge is 0.126 e. The zero-order valence-corrected chi connectivity index (χ0v) is 13.3. The molecule has 2 aromatic rings. The molecule has 21 heavy (non-hydrogen) atoms. The Bertz CT molecular complexity index is 653. The highest BCUT2D eigenvalue weighted by atomic mass is 35.5. The van der Waals surface area contributed by atoms with Crippen LogP contribution >= 0.6 is 23.2 Å². The summed E-state index contributed by atoms with van der Waals surface area (Å²) in [6.45, 7) is 0.816. The molecule has 110 valence electrons. The van der Waals surface area contributed by atoms with Gasteiger partial charge in [0, 0.05) is 28.2 Å². The topological polar surface area (TPSA) is 21.3 Å². The van der Waals surface area contributed by atoms with E-state index in [0.29, 0.717) is 11.1 Å². The van der Waals surface area contributed by atoms with Crippen molar-refractivity contribution in [2.75, 3.05) is 7.11 Å². The van der Waals surface area contributed by atoms with Crippen molar-refractivity contribution in [1.82, 2.24) is 5.32 Å². The predicted molar refractivity (Wildman–Crippen MR) is 88.3 cm³/mol. The summed E-state index contributed by atoms with van der Waals surface area (Å²) in [5.74, 6) is 0.791. The van der Waals surface area contributed by atoms with E-state index < -0.39 is 0 Å². The second-order valence-corrected chi connectivity index (χ2v) is 6.15. The van der Waals surface area contributed by atoms with Crippen molar-refractivity contribution in [3.8, 4) is 16.9 Å². The van der Waals surface area contributed by atoms with Crippen molar-refractivity contribution in [3.05, 3.63) is 52.0 Å². The van der Waals surface area contributed by atoms with Crippen molar-refractivity contribution < 1.29 is 4.74 Å². The first-order valence-electron chi connectivity index (χ1n) is 7.03. The quantitative estimate of drug-likeness (QED) is 0.843. The Balaban J connectivity index is 1.88. The van der Waals surface area contributed by atoms with Gasteiger partial charge in [-0.05, 0) is 48.2 Å². The van der Waals surface area contributed by atoms with Crippen LogP contribution in [-0.4, -0.2) is 13.2 Å². The van der Waals surface area contributed by atoms with E-state index >= 15 is 0 Å². The van der Waals surface area contributed by atoms with Gasteiger partial charge in [0.05, 0.1) is 7.11 Å². The van der Waals surface area contributed by atoms with Crippen molar-refractivity contribution in [3.63, 3.8) is 0 Å². The molecule has 0 unspecified atom stereocenters. The highest BCUT2D eigenvalue weighted by molar-refractivity contribution is 6.32. The Hall–Kier alpha value is -1.22. The first-order chi connectivity index (χ1) is 10.2. The Labute approximate surface area is 135 Å². The number of methoxy groups -OCH3 is 1. The molecule has 0 aromatic heterocycles. The summed E-state index contributed by atoms with van der Waals surface area (Å²) in [4.78, 5) is 0. The second-order valence-electron chi connectivity index (χ2n) is 5.31. The number of ether oxygens (including phenoxy) is 1. The van der Waals surface area contributed by atoms with Gasteiger partial charge in [0.2, 0.25) is 0 Å². The van der Waals surface area contributed by atoms with Gasteiger partial charge >= 0.3 is 0 Å². The van der Waals surface area contributed by atoms with E-state index in [0.717, 1.165) is 34.0 Å². The van der Waals surface area contributed by atoms with Gasteiger partial charge in [0.1, 0.15) is 5.75 Å². The zero-order valence-electron chi connectivity index (χ0n) is 11.8. The molecule has 4 heteroatoms. The number of benzene rings is 2. The molecule has 1 fully saturated rings. The Morgan fingerprint density at radius 3 is 2.62 bits per heavy atom. The van der Waals surface area contributed by atoms with Crippen LogP contribution in [0.5, 0.6) is 5.75 Å². The third-order valence-electron chi connectivity index (χ3n) is 3.68. The molecule has 0 radical (unpaired) electrons. The standard InChI is InChI=1S/C17H17Cl2NO/c1-21-17-7-4-13(18)9-15(17)11-2-3-12(16(19)8-11)10-20-14-5-6-14/h2-4,7-9,14,20H,5-6,10H2,1H3. The fraction of sp³-hybridized carbons (Fsp3) is 0.294. The summed E-state index contributed by atoms with van der Waals surface area (Å²) in [5, 5.41) is 4.92. The molecule has 0 spiro atoms. The van der Waals surface area contributed by atoms with Crippen LogP contribution in [0.1, 0.15) is 18.4 Å². The number of rotatable bonds is 5. The molecule has 2 aromatic carbocycles. The summed E-state index contributed by atoms with van der Waals surface area (Å²) in [5.41, 5.74) is 3.08. The van der Waals surface area contributed by atoms with Gasteiger partial charge in [-0.1, -0.05) is 35.3 Å². The lowest BCUT2D eigenvalue weighted by Gasteiger charge is -2.12. The predicted octanol–water partition coefficient (Wildman–Crippen LogP) is 4.92. The Morgan fingerprint density at radius 2 is 1.95 bits per heavy atom. The number of hydrogen-bond donors (Lipinski definition) is 1. The van der Waals surface area contributed by atoms with E-state index in [4.69, 9.17) is 27.9 Å². The molecule has 0 aliphatic heterocycles. The van der Waals surface area contributed by atoms with E-state index in [1.807, 2.05) is 24.3 Å². The fourth-order valence-electron chi connectivity index (χ4n) is 2.31. The van der Waals surface area contributed by atoms with Crippen molar-refractivity contribution in [2.45, 2.75) is 25.4 Å². The highest BCUT2D eigenvalue weighted by Crippen LogP contribution is 2.34. The minimum atomic E-state index is 0.675. The van der Waals surface area contributed by atoms with E-state index in [1.165, 1.54) is 12.8 Å². The van der Waals surface area contributed by atoms with Gasteiger partial charge in [0.15, 0.2) is 0 Å². The van der Waals surface area contributed by atoms with Crippen molar-refractivity contribution in [1.29, 1.82) is 0 Å². The van der Waals surface area contributed by atoms with Crippen LogP contribution in [0.2, 0.25) is 10.0 Å². The molecular formula is C17H17Cl2NO. The molecule has 1 aliphatic rings. The van der Waals surface area contributed by atoms with Gasteiger partial charge < -0.3 is 10.1 Å². The van der Waals surface area contributed by atoms with E-state index in [1.54, 1.807) is 7.11 Å². The van der Waals surface area contributed by atoms with E-state index in [-0.39, 0.29) is 0 Å². The van der Waals surface area contributed by atoms with Gasteiger partial charge in [-0.2, -0.15) is 0 Å². The minimum Gasteiger partial charge on any atom is -0.496 e. The summed E-state index contributed by atoms with van der Waals surface area (Å²) < 4.78 is 5.40. The number of hydrogen-bond acceptors (Lipinski definition) is 2. The normalized spacial score (nSPS) is 14.2. The van der Waals surface area contributed by atoms with Crippen molar-refractivity contribution in [2.24, 2.45) is 0 Å². The summed E-state index contributed by atoms with van der Waals surface area (Å²) >= 11 is 12.5. The van der Waals surface area contributed by atoms with Crippen LogP contribution in [-0.2, 0) is 6.54 Å². The molecular weight excluding hydrogens is 305 g/mol. The van der Waals surface area contributed by atoms with Gasteiger partial charge in [-0.3, -0.25) is 0 Å². The Morgan fingerprint density at radius 1 is 1.14 bits per heavy atom. The maximum absolute atomic E-state index is 6.40. The van der Waals surface area contributed by atoms with Gasteiger partial charge in [-0.25, -0.2) is 0 Å². The lowest BCUT2D eigenvalue weighted by Crippen LogP contribution is -2.15. The van der Waals surface area contributed by atoms with Crippen LogP contribution in [0.25, 0.3) is 11.1 Å². The molecule has 2 nitrogen and oxygen atoms in total. The molecule has 1 aliphatic carbocycles. The van der Waals surface area contributed by atoms with Crippen LogP contribution in [0.3, 0.4) is 0 Å². The molecule has 0 amide bonds. The SMILES string of the molecule is COc1ccc(Cl)cc1-c1ccc(CNC2CC2)c(Cl)c1. The largest absolute Gasteiger partial charge is 0.496 e. The summed E-state index contributed by atoms with van der Waals surface area (Å²) in [6, 6.07) is 12.4. The lowest BCUT2D eigenvalue weighted by atomic mass is 10.0. The highest BCUT2D eigenvalue weighted by Gasteiger charge is 2.20. The molecule has 0 saturated heterocycles. The summed E-state index contributed by atoms with van der Waals surface area (Å²) in [6.07, 6.45) is 2.55. The first-order valence-corrected chi connectivity index (χ1v) is 7.78.